The van der Waals surface area contributed by atoms with Gasteiger partial charge in [0, 0.05) is 10.2 Å². The number of nitrogens with zero attached hydrogens (tertiary/aromatic N) is 1. The van der Waals surface area contributed by atoms with Gasteiger partial charge in [-0.05, 0) is 53.7 Å². The number of carbonyl (C=O) groups is 3. The second-order valence-corrected chi connectivity index (χ2v) is 7.50. The Morgan fingerprint density at radius 3 is 2.42 bits per heavy atom. The zero-order valence-electron chi connectivity index (χ0n) is 13.8. The van der Waals surface area contributed by atoms with Crippen LogP contribution in [-0.2, 0) is 16.1 Å². The van der Waals surface area contributed by atoms with Gasteiger partial charge in [0.25, 0.3) is 11.1 Å². The largest absolute Gasteiger partial charge is 0.465 e. The Labute approximate surface area is 163 Å². The summed E-state index contributed by atoms with van der Waals surface area (Å²) in [5.41, 5.74) is 1.93. The average molecular weight is 435 g/mol. The quantitative estimate of drug-likeness (QED) is 0.719. The van der Waals surface area contributed by atoms with E-state index in [0.29, 0.717) is 11.3 Å². The molecule has 0 aromatic heterocycles. The summed E-state index contributed by atoms with van der Waals surface area (Å²) in [6.45, 7) is 0.234. The average Bonchev–Trinajstić information content (AvgIpc) is 2.91. The van der Waals surface area contributed by atoms with E-state index in [1.54, 1.807) is 24.3 Å². The van der Waals surface area contributed by atoms with E-state index in [-0.39, 0.29) is 17.7 Å². The van der Waals surface area contributed by atoms with E-state index in [2.05, 4.69) is 26.0 Å². The maximum absolute atomic E-state index is 12.6. The minimum absolute atomic E-state index is 0.234. The predicted octanol–water partition coefficient (Wildman–Crippen LogP) is 3.87. The molecule has 1 fully saturated rings. The van der Waals surface area contributed by atoms with Gasteiger partial charge in [0.1, 0.15) is 0 Å². The molecule has 2 amide bonds. The second-order valence-electron chi connectivity index (χ2n) is 5.53. The van der Waals surface area contributed by atoms with Crippen LogP contribution in [0.25, 0.3) is 0 Å². The van der Waals surface area contributed by atoms with Gasteiger partial charge in [0.2, 0.25) is 0 Å². The normalized spacial score (nSPS) is 16.7. The van der Waals surface area contributed by atoms with Gasteiger partial charge >= 0.3 is 5.97 Å². The summed E-state index contributed by atoms with van der Waals surface area (Å²) in [7, 11) is 1.31. The van der Waals surface area contributed by atoms with E-state index in [1.165, 1.54) is 12.0 Å². The minimum Gasteiger partial charge on any atom is -0.465 e. The molecule has 2 aromatic carbocycles. The Balaban J connectivity index is 1.66. The number of rotatable bonds is 5. The number of esters is 1. The Bertz CT molecular complexity index is 839. The summed E-state index contributed by atoms with van der Waals surface area (Å²) >= 11 is 4.30. The molecule has 1 atom stereocenters. The van der Waals surface area contributed by atoms with Crippen molar-refractivity contribution in [1.82, 2.24) is 4.90 Å². The molecule has 0 bridgehead atoms. The molecule has 1 saturated heterocycles. The molecule has 0 saturated carbocycles. The van der Waals surface area contributed by atoms with Gasteiger partial charge in [0.15, 0.2) is 5.37 Å². The fourth-order valence-electron chi connectivity index (χ4n) is 2.42. The van der Waals surface area contributed by atoms with Crippen LogP contribution in [0.1, 0.15) is 15.9 Å². The highest BCUT2D eigenvalue weighted by molar-refractivity contribution is 9.10. The summed E-state index contributed by atoms with van der Waals surface area (Å²) in [5.74, 6) is -0.723. The SMILES string of the molecule is COC(=O)c1ccc(N[C@@H]2SC(=O)N(Cc3ccc(Br)cc3)C2=O)cc1. The molecule has 0 unspecified atom stereocenters. The number of imide groups is 1. The van der Waals surface area contributed by atoms with Crippen LogP contribution in [0, 0.1) is 0 Å². The van der Waals surface area contributed by atoms with E-state index < -0.39 is 11.3 Å². The van der Waals surface area contributed by atoms with Crippen LogP contribution in [0.2, 0.25) is 0 Å². The minimum atomic E-state index is -0.693. The van der Waals surface area contributed by atoms with Crippen molar-refractivity contribution in [3.63, 3.8) is 0 Å². The van der Waals surface area contributed by atoms with Gasteiger partial charge in [-0.3, -0.25) is 14.5 Å². The Morgan fingerprint density at radius 2 is 1.81 bits per heavy atom. The highest BCUT2D eigenvalue weighted by Crippen LogP contribution is 2.29. The number of hydrogen-bond acceptors (Lipinski definition) is 6. The summed E-state index contributed by atoms with van der Waals surface area (Å²) in [6.07, 6.45) is 0. The topological polar surface area (TPSA) is 75.7 Å². The van der Waals surface area contributed by atoms with Crippen LogP contribution < -0.4 is 5.32 Å². The molecule has 134 valence electrons. The smallest absolute Gasteiger partial charge is 0.337 e. The molecule has 0 spiro atoms. The zero-order chi connectivity index (χ0) is 18.7. The fraction of sp³-hybridized carbons (Fsp3) is 0.167. The van der Waals surface area contributed by atoms with Crippen molar-refractivity contribution < 1.29 is 19.1 Å². The van der Waals surface area contributed by atoms with E-state index in [9.17, 15) is 14.4 Å². The zero-order valence-corrected chi connectivity index (χ0v) is 16.2. The third-order valence-electron chi connectivity index (χ3n) is 3.79. The van der Waals surface area contributed by atoms with E-state index >= 15 is 0 Å². The van der Waals surface area contributed by atoms with E-state index in [4.69, 9.17) is 0 Å². The highest BCUT2D eigenvalue weighted by atomic mass is 79.9. The molecule has 0 radical (unpaired) electrons. The Morgan fingerprint density at radius 1 is 1.15 bits per heavy atom. The maximum atomic E-state index is 12.6. The monoisotopic (exact) mass is 434 g/mol. The van der Waals surface area contributed by atoms with Crippen LogP contribution in [0.5, 0.6) is 0 Å². The van der Waals surface area contributed by atoms with Gasteiger partial charge in [-0.1, -0.05) is 28.1 Å². The van der Waals surface area contributed by atoms with Crippen molar-refractivity contribution in [3.8, 4) is 0 Å². The lowest BCUT2D eigenvalue weighted by molar-refractivity contribution is -0.126. The fourth-order valence-corrected chi connectivity index (χ4v) is 3.59. The van der Waals surface area contributed by atoms with Crippen molar-refractivity contribution in [2.75, 3.05) is 12.4 Å². The second kappa shape index (κ2) is 7.92. The number of hydrogen-bond donors (Lipinski definition) is 1. The van der Waals surface area contributed by atoms with Crippen LogP contribution in [0.4, 0.5) is 10.5 Å². The Hall–Kier alpha value is -2.32. The number of nitrogens with one attached hydrogen (secondary N) is 1. The molecule has 1 heterocycles. The van der Waals surface area contributed by atoms with Crippen molar-refractivity contribution in [3.05, 3.63) is 64.1 Å². The van der Waals surface area contributed by atoms with Crippen molar-refractivity contribution in [2.45, 2.75) is 11.9 Å². The standard InChI is InChI=1S/C18H15BrN2O4S/c1-25-17(23)12-4-8-14(9-5-12)20-15-16(22)21(18(24)26-15)10-11-2-6-13(19)7-3-11/h2-9,15,20H,10H2,1H3/t15-/m1/s1. The molecule has 0 aliphatic carbocycles. The van der Waals surface area contributed by atoms with Crippen LogP contribution >= 0.6 is 27.7 Å². The number of benzene rings is 2. The summed E-state index contributed by atoms with van der Waals surface area (Å²) in [4.78, 5) is 37.4. The Kier molecular flexibility index (Phi) is 5.63. The van der Waals surface area contributed by atoms with Crippen LogP contribution in [0.3, 0.4) is 0 Å². The maximum Gasteiger partial charge on any atom is 0.337 e. The van der Waals surface area contributed by atoms with Gasteiger partial charge in [-0.2, -0.15) is 0 Å². The molecule has 6 nitrogen and oxygen atoms in total. The number of methoxy groups -OCH3 is 1. The molecule has 2 aromatic rings. The van der Waals surface area contributed by atoms with Crippen molar-refractivity contribution >= 4 is 50.5 Å². The summed E-state index contributed by atoms with van der Waals surface area (Å²) in [5, 5.41) is 2.04. The number of thioether (sulfide) groups is 1. The molecule has 1 aliphatic rings. The first-order valence-corrected chi connectivity index (χ1v) is 9.36. The molecule has 3 rings (SSSR count). The van der Waals surface area contributed by atoms with Gasteiger partial charge in [0.05, 0.1) is 19.2 Å². The summed E-state index contributed by atoms with van der Waals surface area (Å²) in [6, 6.07) is 14.0. The van der Waals surface area contributed by atoms with Gasteiger partial charge < -0.3 is 10.1 Å². The molecule has 8 heteroatoms. The predicted molar refractivity (Wildman–Crippen MR) is 103 cm³/mol. The van der Waals surface area contributed by atoms with Crippen molar-refractivity contribution in [2.24, 2.45) is 0 Å². The molecule has 1 N–H and O–H groups in total. The first-order valence-electron chi connectivity index (χ1n) is 7.69. The number of ether oxygens (including phenoxy) is 1. The summed E-state index contributed by atoms with van der Waals surface area (Å²) < 4.78 is 5.58. The third-order valence-corrected chi connectivity index (χ3v) is 5.29. The lowest BCUT2D eigenvalue weighted by atomic mass is 10.2. The number of amides is 2. The third kappa shape index (κ3) is 4.08. The first-order chi connectivity index (χ1) is 12.5. The van der Waals surface area contributed by atoms with E-state index in [1.807, 2.05) is 24.3 Å². The molecule has 1 aliphatic heterocycles. The molecule has 26 heavy (non-hydrogen) atoms. The number of halogens is 1. The van der Waals surface area contributed by atoms with Gasteiger partial charge in [-0.15, -0.1) is 0 Å². The molecular weight excluding hydrogens is 420 g/mol. The van der Waals surface area contributed by atoms with Crippen LogP contribution in [0.15, 0.2) is 53.0 Å². The lowest BCUT2D eigenvalue weighted by Crippen LogP contribution is -2.33. The van der Waals surface area contributed by atoms with E-state index in [0.717, 1.165) is 21.8 Å². The first kappa shape index (κ1) is 18.5. The van der Waals surface area contributed by atoms with Crippen LogP contribution in [-0.4, -0.2) is 34.5 Å². The number of anilines is 1. The lowest BCUT2D eigenvalue weighted by Gasteiger charge is -2.15. The highest BCUT2D eigenvalue weighted by Gasteiger charge is 2.39. The molecular formula is C18H15BrN2O4S. The van der Waals surface area contributed by atoms with Gasteiger partial charge in [-0.25, -0.2) is 4.79 Å². The van der Waals surface area contributed by atoms with Crippen molar-refractivity contribution in [1.29, 1.82) is 0 Å². The number of carbonyl (C=O) groups excluding carboxylic acids is 3.